The van der Waals surface area contributed by atoms with Crippen molar-refractivity contribution in [2.45, 2.75) is 6.36 Å². The van der Waals surface area contributed by atoms with Gasteiger partial charge in [-0.3, -0.25) is 4.79 Å². The van der Waals surface area contributed by atoms with Crippen molar-refractivity contribution in [1.29, 1.82) is 5.26 Å². The number of methoxy groups -OCH3 is 1. The van der Waals surface area contributed by atoms with Gasteiger partial charge in [-0.1, -0.05) is 12.1 Å². The highest BCUT2D eigenvalue weighted by Gasteiger charge is 2.32. The molecule has 2 aromatic rings. The molecule has 1 N–H and O–H groups in total. The predicted molar refractivity (Wildman–Crippen MR) is 85.0 cm³/mol. The molecule has 0 unspecified atom stereocenters. The summed E-state index contributed by atoms with van der Waals surface area (Å²) in [6.07, 6.45) is -4.88. The lowest BCUT2D eigenvalue weighted by Crippen LogP contribution is -2.22. The van der Waals surface area contributed by atoms with Crippen LogP contribution in [0, 0.1) is 11.3 Å². The normalized spacial score (nSPS) is 10.6. The number of carbonyl (C=O) groups is 1. The second-order valence-electron chi connectivity index (χ2n) is 4.86. The minimum Gasteiger partial charge on any atom is -0.493 e. The number of halogens is 3. The molecule has 0 aliphatic rings. The van der Waals surface area contributed by atoms with E-state index in [1.807, 2.05) is 6.07 Å². The van der Waals surface area contributed by atoms with Crippen LogP contribution in [-0.2, 0) is 4.79 Å². The number of amides is 1. The summed E-state index contributed by atoms with van der Waals surface area (Å²) in [5.74, 6) is -0.780. The van der Waals surface area contributed by atoms with Crippen LogP contribution in [0.1, 0.15) is 5.56 Å². The van der Waals surface area contributed by atoms with Gasteiger partial charge in [-0.2, -0.15) is 5.26 Å². The van der Waals surface area contributed by atoms with E-state index < -0.39 is 24.6 Å². The number of nitrogens with one attached hydrogen (secondary N) is 1. The van der Waals surface area contributed by atoms with E-state index in [-0.39, 0.29) is 17.2 Å². The number of ether oxygens (including phenoxy) is 3. The Hall–Kier alpha value is -3.41. The summed E-state index contributed by atoms with van der Waals surface area (Å²) in [5.41, 5.74) is 0.196. The highest BCUT2D eigenvalue weighted by molar-refractivity contribution is 5.93. The second kappa shape index (κ2) is 8.11. The van der Waals surface area contributed by atoms with Crippen LogP contribution in [0.4, 0.5) is 18.9 Å². The minimum atomic E-state index is -4.88. The van der Waals surface area contributed by atoms with E-state index in [0.717, 1.165) is 6.07 Å². The Morgan fingerprint density at radius 2 is 1.88 bits per heavy atom. The molecule has 0 atom stereocenters. The number of hydrogen-bond acceptors (Lipinski definition) is 5. The van der Waals surface area contributed by atoms with E-state index in [2.05, 4.69) is 10.1 Å². The van der Waals surface area contributed by atoms with Gasteiger partial charge in [0.1, 0.15) is 0 Å². The molecule has 9 heteroatoms. The van der Waals surface area contributed by atoms with Gasteiger partial charge in [0.2, 0.25) is 0 Å². The fourth-order valence-electron chi connectivity index (χ4n) is 1.97. The van der Waals surface area contributed by atoms with E-state index in [1.54, 1.807) is 0 Å². The molecule has 136 valence electrons. The topological polar surface area (TPSA) is 80.6 Å². The standard InChI is InChI=1S/C17H13F3N2O4/c1-24-15-8-11(9-21)6-7-14(15)25-10-16(23)22-12-4-2-3-5-13(12)26-17(18,19)20/h2-8H,10H2,1H3,(H,22,23). The minimum absolute atomic E-state index is 0.148. The Balaban J connectivity index is 2.03. The van der Waals surface area contributed by atoms with Crippen LogP contribution in [0.3, 0.4) is 0 Å². The summed E-state index contributed by atoms with van der Waals surface area (Å²) >= 11 is 0. The van der Waals surface area contributed by atoms with Crippen molar-refractivity contribution in [1.82, 2.24) is 0 Å². The van der Waals surface area contributed by atoms with Crippen molar-refractivity contribution in [3.63, 3.8) is 0 Å². The first-order valence-corrected chi connectivity index (χ1v) is 7.18. The van der Waals surface area contributed by atoms with E-state index in [9.17, 15) is 18.0 Å². The van der Waals surface area contributed by atoms with E-state index in [4.69, 9.17) is 14.7 Å². The third-order valence-electron chi connectivity index (χ3n) is 3.04. The molecule has 2 rings (SSSR count). The lowest BCUT2D eigenvalue weighted by Gasteiger charge is -2.14. The van der Waals surface area contributed by atoms with Gasteiger partial charge in [0.15, 0.2) is 23.9 Å². The Labute approximate surface area is 146 Å². The fraction of sp³-hybridized carbons (Fsp3) is 0.176. The van der Waals surface area contributed by atoms with E-state index in [0.29, 0.717) is 5.56 Å². The monoisotopic (exact) mass is 366 g/mol. The third kappa shape index (κ3) is 5.31. The smallest absolute Gasteiger partial charge is 0.493 e. The quantitative estimate of drug-likeness (QED) is 0.847. The van der Waals surface area contributed by atoms with Crippen LogP contribution in [0.15, 0.2) is 42.5 Å². The molecule has 0 saturated carbocycles. The molecule has 6 nitrogen and oxygen atoms in total. The molecular weight excluding hydrogens is 353 g/mol. The van der Waals surface area contributed by atoms with Gasteiger partial charge in [-0.05, 0) is 24.3 Å². The molecule has 0 spiro atoms. The Morgan fingerprint density at radius 3 is 2.54 bits per heavy atom. The molecular formula is C17H13F3N2O4. The average Bonchev–Trinajstić information content (AvgIpc) is 2.60. The van der Waals surface area contributed by atoms with Crippen LogP contribution >= 0.6 is 0 Å². The number of carbonyl (C=O) groups excluding carboxylic acids is 1. The zero-order chi connectivity index (χ0) is 19.2. The highest BCUT2D eigenvalue weighted by Crippen LogP contribution is 2.30. The first-order valence-electron chi connectivity index (χ1n) is 7.18. The second-order valence-corrected chi connectivity index (χ2v) is 4.86. The third-order valence-corrected chi connectivity index (χ3v) is 3.04. The largest absolute Gasteiger partial charge is 0.573 e. The van der Waals surface area contributed by atoms with Gasteiger partial charge in [-0.25, -0.2) is 0 Å². The van der Waals surface area contributed by atoms with Crippen molar-refractivity contribution in [3.8, 4) is 23.3 Å². The first-order chi connectivity index (χ1) is 12.3. The summed E-state index contributed by atoms with van der Waals surface area (Å²) < 4.78 is 51.3. The number of benzene rings is 2. The van der Waals surface area contributed by atoms with Gasteiger partial charge in [-0.15, -0.1) is 13.2 Å². The Kier molecular flexibility index (Phi) is 5.90. The maximum atomic E-state index is 12.4. The lowest BCUT2D eigenvalue weighted by molar-refractivity contribution is -0.274. The summed E-state index contributed by atoms with van der Waals surface area (Å²) in [7, 11) is 1.37. The maximum Gasteiger partial charge on any atom is 0.573 e. The van der Waals surface area contributed by atoms with E-state index >= 15 is 0 Å². The molecule has 0 radical (unpaired) electrons. The van der Waals surface area contributed by atoms with Crippen molar-refractivity contribution in [2.24, 2.45) is 0 Å². The zero-order valence-electron chi connectivity index (χ0n) is 13.5. The summed E-state index contributed by atoms with van der Waals surface area (Å²) in [5, 5.41) is 11.1. The SMILES string of the molecule is COc1cc(C#N)ccc1OCC(=O)Nc1ccccc1OC(F)(F)F. The van der Waals surface area contributed by atoms with Gasteiger partial charge >= 0.3 is 6.36 Å². The van der Waals surface area contributed by atoms with Crippen molar-refractivity contribution >= 4 is 11.6 Å². The summed E-state index contributed by atoms with van der Waals surface area (Å²) in [4.78, 5) is 12.0. The number of para-hydroxylation sites is 2. The summed E-state index contributed by atoms with van der Waals surface area (Å²) in [6, 6.07) is 11.4. The van der Waals surface area contributed by atoms with Gasteiger partial charge < -0.3 is 19.5 Å². The van der Waals surface area contributed by atoms with Gasteiger partial charge in [0.05, 0.1) is 24.4 Å². The lowest BCUT2D eigenvalue weighted by atomic mass is 10.2. The number of rotatable bonds is 6. The highest BCUT2D eigenvalue weighted by atomic mass is 19.4. The molecule has 0 bridgehead atoms. The number of nitriles is 1. The molecule has 2 aromatic carbocycles. The number of nitrogens with zero attached hydrogens (tertiary/aromatic N) is 1. The van der Waals surface area contributed by atoms with Crippen LogP contribution in [0.25, 0.3) is 0 Å². The molecule has 0 aliphatic heterocycles. The van der Waals surface area contributed by atoms with Crippen LogP contribution in [-0.4, -0.2) is 26.0 Å². The van der Waals surface area contributed by atoms with Gasteiger partial charge in [0.25, 0.3) is 5.91 Å². The van der Waals surface area contributed by atoms with Gasteiger partial charge in [0, 0.05) is 6.07 Å². The predicted octanol–water partition coefficient (Wildman–Crippen LogP) is 3.48. The van der Waals surface area contributed by atoms with E-state index in [1.165, 1.54) is 43.5 Å². The molecule has 0 fully saturated rings. The molecule has 26 heavy (non-hydrogen) atoms. The Morgan fingerprint density at radius 1 is 1.15 bits per heavy atom. The van der Waals surface area contributed by atoms with Crippen LogP contribution in [0.5, 0.6) is 17.2 Å². The molecule has 0 aromatic heterocycles. The van der Waals surface area contributed by atoms with Crippen LogP contribution < -0.4 is 19.5 Å². The number of hydrogen-bond donors (Lipinski definition) is 1. The number of alkyl halides is 3. The molecule has 0 aliphatic carbocycles. The number of anilines is 1. The first kappa shape index (κ1) is 18.9. The molecule has 1 amide bonds. The van der Waals surface area contributed by atoms with Crippen molar-refractivity contribution in [3.05, 3.63) is 48.0 Å². The van der Waals surface area contributed by atoms with Crippen molar-refractivity contribution in [2.75, 3.05) is 19.0 Å². The molecule has 0 heterocycles. The Bertz CT molecular complexity index is 831. The average molecular weight is 366 g/mol. The summed E-state index contributed by atoms with van der Waals surface area (Å²) in [6.45, 7) is -0.484. The zero-order valence-corrected chi connectivity index (χ0v) is 13.5. The fourth-order valence-corrected chi connectivity index (χ4v) is 1.97. The maximum absolute atomic E-state index is 12.4. The van der Waals surface area contributed by atoms with Crippen molar-refractivity contribution < 1.29 is 32.2 Å². The van der Waals surface area contributed by atoms with Crippen LogP contribution in [0.2, 0.25) is 0 Å². The molecule has 0 saturated heterocycles.